The molecule has 0 bridgehead atoms. The van der Waals surface area contributed by atoms with E-state index in [0.717, 1.165) is 11.1 Å². The molecule has 0 amide bonds. The van der Waals surface area contributed by atoms with Crippen LogP contribution in [0.4, 0.5) is 33.1 Å². The predicted molar refractivity (Wildman–Crippen MR) is 125 cm³/mol. The Kier molecular flexibility index (Phi) is 5.39. The second kappa shape index (κ2) is 8.65. The number of anilines is 4. The molecule has 1 aliphatic rings. The highest BCUT2D eigenvalue weighted by Gasteiger charge is 2.29. The van der Waals surface area contributed by atoms with Gasteiger partial charge in [-0.05, 0) is 36.4 Å². The highest BCUT2D eigenvalue weighted by Crippen LogP contribution is 2.35. The van der Waals surface area contributed by atoms with Crippen LogP contribution in [0.1, 0.15) is 0 Å². The third-order valence-electron chi connectivity index (χ3n) is 5.64. The molecule has 1 aliphatic heterocycles. The van der Waals surface area contributed by atoms with Crippen molar-refractivity contribution in [2.24, 2.45) is 0 Å². The molecule has 2 aromatic carbocycles. The molecule has 1 N–H and O–H groups in total. The molecule has 0 radical (unpaired) electrons. The first-order valence-corrected chi connectivity index (χ1v) is 10.5. The van der Waals surface area contributed by atoms with Crippen LogP contribution in [0.2, 0.25) is 0 Å². The van der Waals surface area contributed by atoms with Crippen molar-refractivity contribution >= 4 is 39.6 Å². The summed E-state index contributed by atoms with van der Waals surface area (Å²) in [5, 5.41) is 16.1. The largest absolute Gasteiger partial charge is 0.368 e. The van der Waals surface area contributed by atoms with Crippen molar-refractivity contribution in [2.75, 3.05) is 41.3 Å². The van der Waals surface area contributed by atoms with Gasteiger partial charge in [0.25, 0.3) is 0 Å². The highest BCUT2D eigenvalue weighted by molar-refractivity contribution is 5.92. The Labute approximate surface area is 188 Å². The summed E-state index contributed by atoms with van der Waals surface area (Å²) in [6.45, 7) is 2.32. The first-order chi connectivity index (χ1) is 16.1. The van der Waals surface area contributed by atoms with Crippen LogP contribution in [0.15, 0.2) is 67.1 Å². The van der Waals surface area contributed by atoms with Gasteiger partial charge in [-0.2, -0.15) is 0 Å². The number of aromatic nitrogens is 3. The van der Waals surface area contributed by atoms with Gasteiger partial charge >= 0.3 is 5.69 Å². The van der Waals surface area contributed by atoms with E-state index in [1.54, 1.807) is 18.3 Å². The molecule has 0 unspecified atom stereocenters. The van der Waals surface area contributed by atoms with Crippen molar-refractivity contribution in [2.45, 2.75) is 0 Å². The average molecular weight is 445 g/mol. The Bertz CT molecular complexity index is 1300. The summed E-state index contributed by atoms with van der Waals surface area (Å²) in [5.74, 6) is 0.101. The van der Waals surface area contributed by atoms with E-state index >= 15 is 0 Å². The number of nitrogens with one attached hydrogen (secondary N) is 1. The third-order valence-corrected chi connectivity index (χ3v) is 5.64. The van der Waals surface area contributed by atoms with Crippen LogP contribution >= 0.6 is 0 Å². The van der Waals surface area contributed by atoms with Crippen LogP contribution in [0, 0.1) is 15.9 Å². The lowest BCUT2D eigenvalue weighted by Gasteiger charge is -2.36. The maximum Gasteiger partial charge on any atom is 0.353 e. The van der Waals surface area contributed by atoms with E-state index in [4.69, 9.17) is 0 Å². The summed E-state index contributed by atoms with van der Waals surface area (Å²) in [6.07, 6.45) is 3.00. The Hall–Kier alpha value is -4.34. The molecule has 0 spiro atoms. The number of hydrogen-bond donors (Lipinski definition) is 1. The number of piperazine rings is 1. The molecule has 0 saturated carbocycles. The number of rotatable bonds is 5. The minimum absolute atomic E-state index is 0.115. The van der Waals surface area contributed by atoms with E-state index < -0.39 is 4.92 Å². The van der Waals surface area contributed by atoms with E-state index in [1.807, 2.05) is 35.2 Å². The summed E-state index contributed by atoms with van der Waals surface area (Å²) in [7, 11) is 0. The number of nitro groups is 1. The second-order valence-corrected chi connectivity index (χ2v) is 7.61. The lowest BCUT2D eigenvalue weighted by molar-refractivity contribution is -0.383. The van der Waals surface area contributed by atoms with Gasteiger partial charge in [0, 0.05) is 43.4 Å². The molecule has 166 valence electrons. The first kappa shape index (κ1) is 20.6. The molecule has 33 heavy (non-hydrogen) atoms. The van der Waals surface area contributed by atoms with Crippen LogP contribution in [-0.4, -0.2) is 46.1 Å². The van der Waals surface area contributed by atoms with Crippen LogP contribution in [-0.2, 0) is 0 Å². The van der Waals surface area contributed by atoms with E-state index in [0.29, 0.717) is 37.4 Å². The smallest absolute Gasteiger partial charge is 0.353 e. The lowest BCUT2D eigenvalue weighted by atomic mass is 10.2. The predicted octanol–water partition coefficient (Wildman–Crippen LogP) is 4.14. The molecular weight excluding hydrogens is 425 g/mol. The molecule has 3 heterocycles. The SMILES string of the molecule is O=[N+]([O-])c1c(Nc2cccc3cccnc23)ncnc1N1CCN(c2ccc(F)cc2)CC1. The van der Waals surface area contributed by atoms with Crippen molar-refractivity contribution < 1.29 is 9.31 Å². The second-order valence-electron chi connectivity index (χ2n) is 7.61. The van der Waals surface area contributed by atoms with Crippen molar-refractivity contribution in [3.8, 4) is 0 Å². The molecular formula is C23H20FN7O2. The number of nitrogens with zero attached hydrogens (tertiary/aromatic N) is 6. The number of halogens is 1. The fourth-order valence-corrected chi connectivity index (χ4v) is 4.02. The summed E-state index contributed by atoms with van der Waals surface area (Å²) < 4.78 is 13.2. The third kappa shape index (κ3) is 4.10. The van der Waals surface area contributed by atoms with Crippen molar-refractivity contribution in [1.29, 1.82) is 0 Å². The number of para-hydroxylation sites is 1. The Balaban J connectivity index is 1.42. The van der Waals surface area contributed by atoms with Crippen LogP contribution < -0.4 is 15.1 Å². The van der Waals surface area contributed by atoms with Crippen LogP contribution in [0.25, 0.3) is 10.9 Å². The number of hydrogen-bond acceptors (Lipinski definition) is 8. The zero-order valence-electron chi connectivity index (χ0n) is 17.6. The first-order valence-electron chi connectivity index (χ1n) is 10.5. The molecule has 9 nitrogen and oxygen atoms in total. The minimum atomic E-state index is -0.456. The molecule has 10 heteroatoms. The van der Waals surface area contributed by atoms with Gasteiger partial charge < -0.3 is 15.1 Å². The summed E-state index contributed by atoms with van der Waals surface area (Å²) in [6, 6.07) is 15.7. The highest BCUT2D eigenvalue weighted by atomic mass is 19.1. The molecule has 2 aromatic heterocycles. The van der Waals surface area contributed by atoms with Gasteiger partial charge in [0.15, 0.2) is 0 Å². The maximum absolute atomic E-state index is 13.2. The van der Waals surface area contributed by atoms with Crippen molar-refractivity contribution in [1.82, 2.24) is 15.0 Å². The van der Waals surface area contributed by atoms with Crippen LogP contribution in [0.3, 0.4) is 0 Å². The number of pyridine rings is 1. The molecule has 5 rings (SSSR count). The van der Waals surface area contributed by atoms with Crippen molar-refractivity contribution in [3.05, 3.63) is 83.1 Å². The molecule has 0 atom stereocenters. The topological polar surface area (TPSA) is 100 Å². The average Bonchev–Trinajstić information content (AvgIpc) is 2.85. The Morgan fingerprint density at radius 3 is 2.39 bits per heavy atom. The van der Waals surface area contributed by atoms with Gasteiger partial charge in [-0.3, -0.25) is 15.1 Å². The summed E-state index contributed by atoms with van der Waals surface area (Å²) in [4.78, 5) is 28.4. The fraction of sp³-hybridized carbons (Fsp3) is 0.174. The quantitative estimate of drug-likeness (QED) is 0.361. The summed E-state index contributed by atoms with van der Waals surface area (Å²) in [5.41, 5.74) is 2.06. The summed E-state index contributed by atoms with van der Waals surface area (Å²) >= 11 is 0. The van der Waals surface area contributed by atoms with Crippen LogP contribution in [0.5, 0.6) is 0 Å². The van der Waals surface area contributed by atoms with Gasteiger partial charge in [-0.1, -0.05) is 18.2 Å². The Morgan fingerprint density at radius 1 is 0.909 bits per heavy atom. The standard InChI is InChI=1S/C23H20FN7O2/c24-17-6-8-18(9-7-17)29-11-13-30(14-12-29)23-21(31(32)33)22(26-15-27-23)28-19-5-1-3-16-4-2-10-25-20(16)19/h1-10,15H,11-14H2,(H,26,27,28). The molecule has 1 saturated heterocycles. The molecule has 1 fully saturated rings. The normalized spacial score (nSPS) is 13.8. The van der Waals surface area contributed by atoms with Crippen molar-refractivity contribution in [3.63, 3.8) is 0 Å². The van der Waals surface area contributed by atoms with E-state index in [1.165, 1.54) is 18.5 Å². The number of benzene rings is 2. The van der Waals surface area contributed by atoms with Gasteiger partial charge in [-0.25, -0.2) is 14.4 Å². The molecule has 4 aromatic rings. The molecule has 0 aliphatic carbocycles. The van der Waals surface area contributed by atoms with E-state index in [2.05, 4.69) is 25.2 Å². The van der Waals surface area contributed by atoms with E-state index in [-0.39, 0.29) is 23.1 Å². The van der Waals surface area contributed by atoms with Gasteiger partial charge in [-0.15, -0.1) is 0 Å². The van der Waals surface area contributed by atoms with Gasteiger partial charge in [0.05, 0.1) is 16.1 Å². The van der Waals surface area contributed by atoms with Gasteiger partial charge in [0.2, 0.25) is 11.6 Å². The zero-order chi connectivity index (χ0) is 22.8. The zero-order valence-corrected chi connectivity index (χ0v) is 17.6. The minimum Gasteiger partial charge on any atom is -0.368 e. The maximum atomic E-state index is 13.2. The van der Waals surface area contributed by atoms with E-state index in [9.17, 15) is 14.5 Å². The Morgan fingerprint density at radius 2 is 1.64 bits per heavy atom. The lowest BCUT2D eigenvalue weighted by Crippen LogP contribution is -2.47. The monoisotopic (exact) mass is 445 g/mol. The van der Waals surface area contributed by atoms with Gasteiger partial charge in [0.1, 0.15) is 12.1 Å². The number of fused-ring (bicyclic) bond motifs is 1. The fourth-order valence-electron chi connectivity index (χ4n) is 4.02.